The maximum atomic E-state index is 13.4. The lowest BCUT2D eigenvalue weighted by Crippen LogP contribution is -2.41. The highest BCUT2D eigenvalue weighted by molar-refractivity contribution is 6.25. The van der Waals surface area contributed by atoms with E-state index in [2.05, 4.69) is 4.98 Å². The van der Waals surface area contributed by atoms with Crippen molar-refractivity contribution in [1.29, 1.82) is 0 Å². The molecule has 168 valence electrons. The van der Waals surface area contributed by atoms with Crippen LogP contribution in [-0.4, -0.2) is 15.9 Å². The number of allylic oxidation sites excluding steroid dienone is 2. The van der Waals surface area contributed by atoms with Crippen molar-refractivity contribution in [3.63, 3.8) is 0 Å². The molecule has 0 aliphatic heterocycles. The van der Waals surface area contributed by atoms with Gasteiger partial charge in [-0.25, -0.2) is 4.98 Å². The Morgan fingerprint density at radius 1 is 1.06 bits per heavy atom. The molecule has 1 N–H and O–H groups in total. The number of ether oxygens (including phenoxy) is 1. The van der Waals surface area contributed by atoms with Gasteiger partial charge in [-0.05, 0) is 73.3 Å². The first kappa shape index (κ1) is 21.0. The summed E-state index contributed by atoms with van der Waals surface area (Å²) < 4.78 is 44.0. The van der Waals surface area contributed by atoms with Crippen LogP contribution in [0.2, 0.25) is 0 Å². The van der Waals surface area contributed by atoms with Crippen LogP contribution in [0, 0.1) is 23.7 Å². The minimum atomic E-state index is -4.47. The van der Waals surface area contributed by atoms with E-state index < -0.39 is 11.7 Å². The molecular weight excluding hydrogens is 419 g/mol. The summed E-state index contributed by atoms with van der Waals surface area (Å²) in [6, 6.07) is 7.31. The van der Waals surface area contributed by atoms with Crippen LogP contribution in [0.15, 0.2) is 42.3 Å². The molecule has 6 rings (SSSR count). The average Bonchev–Trinajstić information content (AvgIpc) is 3.06. The van der Waals surface area contributed by atoms with Crippen LogP contribution in [0.1, 0.15) is 49.3 Å². The molecule has 3 fully saturated rings. The van der Waals surface area contributed by atoms with E-state index >= 15 is 0 Å². The first-order valence-electron chi connectivity index (χ1n) is 11.1. The second kappa shape index (κ2) is 7.64. The minimum absolute atomic E-state index is 0.0152. The molecule has 32 heavy (non-hydrogen) atoms. The van der Waals surface area contributed by atoms with Gasteiger partial charge in [0.05, 0.1) is 11.1 Å². The molecule has 0 radical (unpaired) electrons. The number of hydrogen-bond acceptors (Lipinski definition) is 4. The second-order valence-corrected chi connectivity index (χ2v) is 9.01. The van der Waals surface area contributed by atoms with Crippen LogP contribution in [0.3, 0.4) is 0 Å². The third-order valence-corrected chi connectivity index (χ3v) is 7.36. The number of fused-ring (bicyclic) bond motifs is 2. The minimum Gasteiger partial charge on any atom is -0.511 e. The fraction of sp³-hybridized carbons (Fsp3) is 0.440. The molecule has 2 aromatic rings. The van der Waals surface area contributed by atoms with Gasteiger partial charge in [0, 0.05) is 24.1 Å². The number of alkyl halides is 3. The van der Waals surface area contributed by atoms with Crippen LogP contribution in [-0.2, 0) is 17.4 Å². The van der Waals surface area contributed by atoms with Gasteiger partial charge in [-0.15, -0.1) is 0 Å². The molecule has 7 heteroatoms. The fourth-order valence-electron chi connectivity index (χ4n) is 5.84. The molecule has 0 saturated heterocycles. The predicted octanol–water partition coefficient (Wildman–Crippen LogP) is 6.36. The normalized spacial score (nSPS) is 27.1. The zero-order chi connectivity index (χ0) is 22.6. The number of carbonyl (C=O) groups excluding carboxylic acids is 1. The van der Waals surface area contributed by atoms with Crippen LogP contribution < -0.4 is 4.74 Å². The van der Waals surface area contributed by atoms with Gasteiger partial charge in [-0.1, -0.05) is 13.0 Å². The Bertz CT molecular complexity index is 1080. The van der Waals surface area contributed by atoms with Crippen molar-refractivity contribution in [1.82, 2.24) is 4.98 Å². The summed E-state index contributed by atoms with van der Waals surface area (Å²) in [5.74, 6) is 1.06. The molecule has 2 unspecified atom stereocenters. The number of hydrogen-bond donors (Lipinski definition) is 1. The van der Waals surface area contributed by atoms with E-state index in [1.165, 1.54) is 6.07 Å². The first-order chi connectivity index (χ1) is 15.3. The number of aliphatic hydroxyl groups excluding tert-OH is 1. The number of aromatic nitrogens is 1. The summed E-state index contributed by atoms with van der Waals surface area (Å²) >= 11 is 0. The standard InChI is InChI=1S/C25H24F3NO3/c1-2-13-7-9-17(32-19-10-8-16(12-29-19)25(26,27)28)11-18(13)22-23(30)20-14-3-4-15(6-5-14)21(20)24(22)31/h7-12,14-15,20-21,30H,2-6H2,1H3/t14-,15+,20?,21?. The largest absolute Gasteiger partial charge is 0.511 e. The number of nitrogens with zero attached hydrogens (tertiary/aromatic N) is 1. The Hall–Kier alpha value is -2.83. The molecule has 4 aliphatic carbocycles. The van der Waals surface area contributed by atoms with Crippen LogP contribution >= 0.6 is 0 Å². The number of aryl methyl sites for hydroxylation is 1. The molecule has 0 spiro atoms. The Morgan fingerprint density at radius 2 is 1.75 bits per heavy atom. The summed E-state index contributed by atoms with van der Waals surface area (Å²) in [6.45, 7) is 1.98. The Labute approximate surface area is 184 Å². The van der Waals surface area contributed by atoms with Gasteiger partial charge in [0.1, 0.15) is 11.5 Å². The van der Waals surface area contributed by atoms with Gasteiger partial charge in [0.15, 0.2) is 5.78 Å². The molecule has 2 bridgehead atoms. The van der Waals surface area contributed by atoms with Gasteiger partial charge < -0.3 is 9.84 Å². The third kappa shape index (κ3) is 3.38. The number of halogens is 3. The zero-order valence-electron chi connectivity index (χ0n) is 17.7. The Morgan fingerprint density at radius 3 is 2.31 bits per heavy atom. The highest BCUT2D eigenvalue weighted by atomic mass is 19.4. The van der Waals surface area contributed by atoms with Gasteiger partial charge in [-0.3, -0.25) is 4.79 Å². The smallest absolute Gasteiger partial charge is 0.417 e. The van der Waals surface area contributed by atoms with E-state index in [4.69, 9.17) is 4.74 Å². The van der Waals surface area contributed by atoms with Crippen molar-refractivity contribution >= 4 is 11.4 Å². The Kier molecular flexibility index (Phi) is 5.02. The van der Waals surface area contributed by atoms with Gasteiger partial charge in [0.2, 0.25) is 5.88 Å². The molecule has 4 aliphatic rings. The second-order valence-electron chi connectivity index (χ2n) is 9.01. The lowest BCUT2D eigenvalue weighted by Gasteiger charge is -2.44. The fourth-order valence-corrected chi connectivity index (χ4v) is 5.84. The lowest BCUT2D eigenvalue weighted by molar-refractivity contribution is -0.137. The predicted molar refractivity (Wildman–Crippen MR) is 112 cm³/mol. The van der Waals surface area contributed by atoms with Crippen molar-refractivity contribution in [3.8, 4) is 11.6 Å². The van der Waals surface area contributed by atoms with Crippen molar-refractivity contribution in [2.45, 2.75) is 45.2 Å². The SMILES string of the molecule is CCc1ccc(Oc2ccc(C(F)(F)F)cn2)cc1C1=C(O)C2C(C1=O)[C@H]1CC[C@@H]2CC1. The van der Waals surface area contributed by atoms with Gasteiger partial charge in [-0.2, -0.15) is 13.2 Å². The zero-order valence-corrected chi connectivity index (χ0v) is 17.7. The maximum absolute atomic E-state index is 13.4. The molecule has 1 aromatic carbocycles. The Balaban J connectivity index is 1.48. The number of pyridine rings is 1. The summed E-state index contributed by atoms with van der Waals surface area (Å²) in [7, 11) is 0. The van der Waals surface area contributed by atoms with Gasteiger partial charge in [0.25, 0.3) is 0 Å². The van der Waals surface area contributed by atoms with Crippen LogP contribution in [0.4, 0.5) is 13.2 Å². The van der Waals surface area contributed by atoms with Crippen molar-refractivity contribution in [2.24, 2.45) is 23.7 Å². The lowest BCUT2D eigenvalue weighted by atomic mass is 9.59. The van der Waals surface area contributed by atoms with Crippen molar-refractivity contribution < 1.29 is 27.8 Å². The number of benzene rings is 1. The van der Waals surface area contributed by atoms with E-state index in [-0.39, 0.29) is 29.3 Å². The summed E-state index contributed by atoms with van der Waals surface area (Å²) in [5.41, 5.74) is 1.10. The molecule has 3 saturated carbocycles. The molecule has 1 aromatic heterocycles. The average molecular weight is 443 g/mol. The van der Waals surface area contributed by atoms with E-state index in [0.29, 0.717) is 35.1 Å². The molecule has 1 heterocycles. The quantitative estimate of drug-likeness (QED) is 0.597. The maximum Gasteiger partial charge on any atom is 0.417 e. The molecule has 2 atom stereocenters. The number of carbonyl (C=O) groups is 1. The van der Waals surface area contributed by atoms with E-state index in [1.54, 1.807) is 12.1 Å². The number of Topliss-reactive ketones (excluding diaryl/α,β-unsaturated/α-hetero) is 1. The van der Waals surface area contributed by atoms with Crippen molar-refractivity contribution in [3.05, 3.63) is 59.0 Å². The highest BCUT2D eigenvalue weighted by Gasteiger charge is 2.54. The topological polar surface area (TPSA) is 59.4 Å². The monoisotopic (exact) mass is 443 g/mol. The van der Waals surface area contributed by atoms with Gasteiger partial charge >= 0.3 is 6.18 Å². The van der Waals surface area contributed by atoms with E-state index in [0.717, 1.165) is 43.5 Å². The summed E-state index contributed by atoms with van der Waals surface area (Å²) in [5, 5.41) is 11.1. The number of ketones is 1. The number of aliphatic hydroxyl groups is 1. The molecule has 0 amide bonds. The van der Waals surface area contributed by atoms with E-state index in [9.17, 15) is 23.1 Å². The molecule has 4 nitrogen and oxygen atoms in total. The highest BCUT2D eigenvalue weighted by Crippen LogP contribution is 2.57. The van der Waals surface area contributed by atoms with Crippen LogP contribution in [0.25, 0.3) is 5.57 Å². The summed E-state index contributed by atoms with van der Waals surface area (Å²) in [4.78, 5) is 17.2. The summed E-state index contributed by atoms with van der Waals surface area (Å²) in [6.07, 6.45) is 1.12. The van der Waals surface area contributed by atoms with E-state index in [1.807, 2.05) is 13.0 Å². The first-order valence-corrected chi connectivity index (χ1v) is 11.1. The number of rotatable bonds is 4. The molecular formula is C25H24F3NO3. The van der Waals surface area contributed by atoms with Crippen molar-refractivity contribution in [2.75, 3.05) is 0 Å². The third-order valence-electron chi connectivity index (χ3n) is 7.36. The van der Waals surface area contributed by atoms with Crippen LogP contribution in [0.5, 0.6) is 11.6 Å².